The van der Waals surface area contributed by atoms with Crippen LogP contribution in [0.2, 0.25) is 0 Å². The van der Waals surface area contributed by atoms with Crippen molar-refractivity contribution in [2.75, 3.05) is 26.2 Å². The summed E-state index contributed by atoms with van der Waals surface area (Å²) in [5.74, 6) is 2.38. The van der Waals surface area contributed by atoms with Crippen molar-refractivity contribution >= 4 is 0 Å². The lowest BCUT2D eigenvalue weighted by molar-refractivity contribution is 0.180. The maximum absolute atomic E-state index is 5.46. The number of hydrogen-bond acceptors (Lipinski definition) is 5. The van der Waals surface area contributed by atoms with Gasteiger partial charge in [0.2, 0.25) is 5.89 Å². The number of nitrogens with one attached hydrogen (secondary N) is 1. The molecule has 112 valence electrons. The number of likely N-dealkylation sites (tertiary alicyclic amines) is 1. The second kappa shape index (κ2) is 6.68. The molecule has 2 aliphatic rings. The second-order valence-corrected chi connectivity index (χ2v) is 6.16. The summed E-state index contributed by atoms with van der Waals surface area (Å²) in [6.07, 6.45) is 7.19. The van der Waals surface area contributed by atoms with E-state index < -0.39 is 0 Å². The van der Waals surface area contributed by atoms with Crippen LogP contribution in [0.1, 0.15) is 56.8 Å². The standard InChI is InChI=1S/C15H26N4O/c1-2-19-9-5-6-12(11-19)10-14-17-15(20-18-14)13-7-3-4-8-16-13/h12-13,16H,2-11H2,1H3. The van der Waals surface area contributed by atoms with Gasteiger partial charge in [-0.2, -0.15) is 4.98 Å². The Morgan fingerprint density at radius 1 is 1.30 bits per heavy atom. The number of nitrogens with zero attached hydrogens (tertiary/aromatic N) is 3. The van der Waals surface area contributed by atoms with E-state index in [0.29, 0.717) is 5.92 Å². The van der Waals surface area contributed by atoms with Gasteiger partial charge in [0, 0.05) is 13.0 Å². The molecule has 0 aromatic carbocycles. The average molecular weight is 278 g/mol. The van der Waals surface area contributed by atoms with Gasteiger partial charge in [-0.3, -0.25) is 0 Å². The Morgan fingerprint density at radius 3 is 3.05 bits per heavy atom. The van der Waals surface area contributed by atoms with E-state index in [-0.39, 0.29) is 6.04 Å². The molecule has 1 aromatic rings. The van der Waals surface area contributed by atoms with Crippen molar-refractivity contribution < 1.29 is 4.52 Å². The minimum Gasteiger partial charge on any atom is -0.338 e. The lowest BCUT2D eigenvalue weighted by Crippen LogP contribution is -2.36. The van der Waals surface area contributed by atoms with Crippen LogP contribution in [-0.2, 0) is 6.42 Å². The summed E-state index contributed by atoms with van der Waals surface area (Å²) < 4.78 is 5.46. The minimum absolute atomic E-state index is 0.281. The van der Waals surface area contributed by atoms with Gasteiger partial charge in [0.05, 0.1) is 6.04 Å². The summed E-state index contributed by atoms with van der Waals surface area (Å²) in [6, 6.07) is 0.281. The van der Waals surface area contributed by atoms with E-state index in [2.05, 4.69) is 27.3 Å². The first-order valence-electron chi connectivity index (χ1n) is 8.13. The van der Waals surface area contributed by atoms with E-state index in [4.69, 9.17) is 4.52 Å². The molecule has 2 saturated heterocycles. The number of rotatable bonds is 4. The fourth-order valence-electron chi connectivity index (χ4n) is 3.42. The van der Waals surface area contributed by atoms with Gasteiger partial charge < -0.3 is 14.7 Å². The Balaban J connectivity index is 1.56. The molecule has 3 heterocycles. The van der Waals surface area contributed by atoms with Crippen LogP contribution < -0.4 is 5.32 Å². The molecule has 2 aliphatic heterocycles. The normalized spacial score (nSPS) is 28.6. The zero-order chi connectivity index (χ0) is 13.8. The van der Waals surface area contributed by atoms with Gasteiger partial charge in [0.15, 0.2) is 5.82 Å². The molecule has 5 nitrogen and oxygen atoms in total. The molecule has 0 radical (unpaired) electrons. The van der Waals surface area contributed by atoms with Gasteiger partial charge in [-0.1, -0.05) is 18.5 Å². The van der Waals surface area contributed by atoms with Gasteiger partial charge in [0.25, 0.3) is 0 Å². The second-order valence-electron chi connectivity index (χ2n) is 6.16. The highest BCUT2D eigenvalue weighted by Gasteiger charge is 2.24. The first kappa shape index (κ1) is 14.0. The first-order chi connectivity index (χ1) is 9.85. The van der Waals surface area contributed by atoms with E-state index in [1.54, 1.807) is 0 Å². The zero-order valence-electron chi connectivity index (χ0n) is 12.5. The van der Waals surface area contributed by atoms with Crippen LogP contribution in [-0.4, -0.2) is 41.2 Å². The Bertz CT molecular complexity index is 414. The van der Waals surface area contributed by atoms with E-state index in [9.17, 15) is 0 Å². The molecule has 20 heavy (non-hydrogen) atoms. The van der Waals surface area contributed by atoms with Crippen molar-refractivity contribution in [3.05, 3.63) is 11.7 Å². The van der Waals surface area contributed by atoms with Crippen molar-refractivity contribution in [3.8, 4) is 0 Å². The Hall–Kier alpha value is -0.940. The van der Waals surface area contributed by atoms with Crippen molar-refractivity contribution in [2.45, 2.75) is 51.5 Å². The Morgan fingerprint density at radius 2 is 2.25 bits per heavy atom. The highest BCUT2D eigenvalue weighted by Crippen LogP contribution is 2.23. The third kappa shape index (κ3) is 3.38. The lowest BCUT2D eigenvalue weighted by atomic mass is 9.94. The third-order valence-corrected chi connectivity index (χ3v) is 4.61. The van der Waals surface area contributed by atoms with Gasteiger partial charge >= 0.3 is 0 Å². The Kier molecular flexibility index (Phi) is 4.68. The predicted octanol–water partition coefficient (Wildman–Crippen LogP) is 2.16. The average Bonchev–Trinajstić information content (AvgIpc) is 2.97. The molecule has 5 heteroatoms. The molecule has 0 bridgehead atoms. The number of piperidine rings is 2. The molecule has 0 spiro atoms. The maximum atomic E-state index is 5.46. The fourth-order valence-corrected chi connectivity index (χ4v) is 3.42. The van der Waals surface area contributed by atoms with E-state index >= 15 is 0 Å². The number of hydrogen-bond donors (Lipinski definition) is 1. The van der Waals surface area contributed by atoms with Crippen LogP contribution >= 0.6 is 0 Å². The molecular weight excluding hydrogens is 252 g/mol. The molecule has 2 unspecified atom stereocenters. The smallest absolute Gasteiger partial charge is 0.243 e. The van der Waals surface area contributed by atoms with E-state index in [1.165, 1.54) is 38.8 Å². The van der Waals surface area contributed by atoms with Crippen LogP contribution in [0.4, 0.5) is 0 Å². The predicted molar refractivity (Wildman–Crippen MR) is 77.4 cm³/mol. The van der Waals surface area contributed by atoms with E-state index in [1.807, 2.05) is 0 Å². The molecule has 2 atom stereocenters. The summed E-state index contributed by atoms with van der Waals surface area (Å²) in [7, 11) is 0. The first-order valence-corrected chi connectivity index (χ1v) is 8.13. The lowest BCUT2D eigenvalue weighted by Gasteiger charge is -2.31. The summed E-state index contributed by atoms with van der Waals surface area (Å²) in [6.45, 7) is 6.89. The summed E-state index contributed by atoms with van der Waals surface area (Å²) >= 11 is 0. The largest absolute Gasteiger partial charge is 0.338 e. The van der Waals surface area contributed by atoms with Gasteiger partial charge in [0.1, 0.15) is 0 Å². The SMILES string of the molecule is CCN1CCCC(Cc2noc(C3CCCCN3)n2)C1. The third-order valence-electron chi connectivity index (χ3n) is 4.61. The van der Waals surface area contributed by atoms with Crippen LogP contribution in [0.25, 0.3) is 0 Å². The van der Waals surface area contributed by atoms with Gasteiger partial charge in [-0.15, -0.1) is 0 Å². The zero-order valence-corrected chi connectivity index (χ0v) is 12.5. The molecule has 2 fully saturated rings. The molecule has 0 amide bonds. The highest BCUT2D eigenvalue weighted by molar-refractivity contribution is 4.96. The van der Waals surface area contributed by atoms with Crippen LogP contribution in [0.15, 0.2) is 4.52 Å². The maximum Gasteiger partial charge on any atom is 0.243 e. The van der Waals surface area contributed by atoms with Crippen molar-refractivity contribution in [1.29, 1.82) is 0 Å². The Labute approximate surface area is 121 Å². The minimum atomic E-state index is 0.281. The molecule has 0 aliphatic carbocycles. The van der Waals surface area contributed by atoms with Crippen molar-refractivity contribution in [3.63, 3.8) is 0 Å². The summed E-state index contributed by atoms with van der Waals surface area (Å²) in [5.41, 5.74) is 0. The van der Waals surface area contributed by atoms with Crippen molar-refractivity contribution in [1.82, 2.24) is 20.4 Å². The molecule has 1 N–H and O–H groups in total. The summed E-state index contributed by atoms with van der Waals surface area (Å²) in [4.78, 5) is 7.15. The molecule has 3 rings (SSSR count). The monoisotopic (exact) mass is 278 g/mol. The topological polar surface area (TPSA) is 54.2 Å². The van der Waals surface area contributed by atoms with Crippen LogP contribution in [0, 0.1) is 5.92 Å². The van der Waals surface area contributed by atoms with Gasteiger partial charge in [-0.25, -0.2) is 0 Å². The quantitative estimate of drug-likeness (QED) is 0.914. The van der Waals surface area contributed by atoms with Crippen LogP contribution in [0.3, 0.4) is 0 Å². The molecule has 1 aromatic heterocycles. The fraction of sp³-hybridized carbons (Fsp3) is 0.867. The van der Waals surface area contributed by atoms with Crippen molar-refractivity contribution in [2.24, 2.45) is 5.92 Å². The molecular formula is C15H26N4O. The molecule has 0 saturated carbocycles. The van der Waals surface area contributed by atoms with Crippen LogP contribution in [0.5, 0.6) is 0 Å². The highest BCUT2D eigenvalue weighted by atomic mass is 16.5. The summed E-state index contributed by atoms with van der Waals surface area (Å²) in [5, 5.41) is 7.66. The number of aromatic nitrogens is 2. The van der Waals surface area contributed by atoms with Gasteiger partial charge in [-0.05, 0) is 51.2 Å². The van der Waals surface area contributed by atoms with E-state index in [0.717, 1.165) is 37.6 Å².